The molecule has 0 aliphatic rings. The summed E-state index contributed by atoms with van der Waals surface area (Å²) >= 11 is 0. The quantitative estimate of drug-likeness (QED) is 0.511. The molecule has 0 saturated carbocycles. The molecular formula is C22H20O4. The minimum absolute atomic E-state index is 0.0801. The van der Waals surface area contributed by atoms with E-state index < -0.39 is 0 Å². The second-order valence-electron chi connectivity index (χ2n) is 5.72. The molecule has 0 radical (unpaired) electrons. The second-order valence-corrected chi connectivity index (χ2v) is 5.72. The zero-order chi connectivity index (χ0) is 18.5. The van der Waals surface area contributed by atoms with Crippen molar-refractivity contribution < 1.29 is 19.4 Å². The number of ether oxygens (including phenoxy) is 2. The lowest BCUT2D eigenvalue weighted by Crippen LogP contribution is -1.97. The van der Waals surface area contributed by atoms with E-state index in [1.54, 1.807) is 43.5 Å². The van der Waals surface area contributed by atoms with Gasteiger partial charge in [0.05, 0.1) is 13.7 Å². The van der Waals surface area contributed by atoms with Gasteiger partial charge in [0.1, 0.15) is 5.75 Å². The molecule has 0 atom stereocenters. The molecule has 1 N–H and O–H groups in total. The minimum Gasteiger partial charge on any atom is -0.504 e. The molecule has 0 heterocycles. The summed E-state index contributed by atoms with van der Waals surface area (Å²) in [5, 5.41) is 11.5. The first-order chi connectivity index (χ1) is 12.6. The molecule has 132 valence electrons. The monoisotopic (exact) mass is 348 g/mol. The van der Waals surface area contributed by atoms with Crippen molar-refractivity contribution in [3.8, 4) is 17.2 Å². The first-order valence-electron chi connectivity index (χ1n) is 8.38. The van der Waals surface area contributed by atoms with Gasteiger partial charge >= 0.3 is 0 Å². The highest BCUT2D eigenvalue weighted by Gasteiger charge is 2.10. The zero-order valence-electron chi connectivity index (χ0n) is 14.7. The average molecular weight is 348 g/mol. The van der Waals surface area contributed by atoms with Crippen LogP contribution in [0.5, 0.6) is 17.2 Å². The van der Waals surface area contributed by atoms with Gasteiger partial charge in [-0.1, -0.05) is 36.4 Å². The van der Waals surface area contributed by atoms with E-state index >= 15 is 0 Å². The molecule has 26 heavy (non-hydrogen) atoms. The lowest BCUT2D eigenvalue weighted by Gasteiger charge is -2.08. The number of ketones is 1. The summed E-state index contributed by atoms with van der Waals surface area (Å²) in [4.78, 5) is 12.7. The van der Waals surface area contributed by atoms with Crippen LogP contribution in [-0.2, 0) is 0 Å². The van der Waals surface area contributed by atoms with Gasteiger partial charge in [-0.2, -0.15) is 0 Å². The molecule has 0 aromatic heterocycles. The Balaban J connectivity index is 1.92. The molecule has 0 fully saturated rings. The smallest absolute Gasteiger partial charge is 0.186 e. The van der Waals surface area contributed by atoms with Crippen LogP contribution in [0, 0.1) is 0 Å². The fraction of sp³-hybridized carbons (Fsp3) is 0.136. The van der Waals surface area contributed by atoms with Gasteiger partial charge in [-0.15, -0.1) is 0 Å². The van der Waals surface area contributed by atoms with E-state index in [-0.39, 0.29) is 11.5 Å². The van der Waals surface area contributed by atoms with Crippen LogP contribution >= 0.6 is 0 Å². The summed E-state index contributed by atoms with van der Waals surface area (Å²) in [5.74, 6) is 1.12. The Kier molecular flexibility index (Phi) is 5.23. The molecule has 4 nitrogen and oxygen atoms in total. The fourth-order valence-corrected chi connectivity index (χ4v) is 2.83. The molecular weight excluding hydrogens is 328 g/mol. The summed E-state index contributed by atoms with van der Waals surface area (Å²) in [6.07, 6.45) is 3.24. The fourth-order valence-electron chi connectivity index (χ4n) is 2.83. The second kappa shape index (κ2) is 7.74. The number of methoxy groups -OCH3 is 1. The summed E-state index contributed by atoms with van der Waals surface area (Å²) < 4.78 is 10.7. The molecule has 3 rings (SSSR count). The highest BCUT2D eigenvalue weighted by Crippen LogP contribution is 2.30. The maximum absolute atomic E-state index is 12.7. The van der Waals surface area contributed by atoms with Crippen LogP contribution in [-0.4, -0.2) is 24.6 Å². The van der Waals surface area contributed by atoms with E-state index in [2.05, 4.69) is 0 Å². The van der Waals surface area contributed by atoms with Crippen molar-refractivity contribution >= 4 is 22.6 Å². The van der Waals surface area contributed by atoms with Gasteiger partial charge in [0.25, 0.3) is 0 Å². The Bertz CT molecular complexity index is 973. The molecule has 0 spiro atoms. The first kappa shape index (κ1) is 17.5. The normalized spacial score (nSPS) is 11.0. The molecule has 0 bridgehead atoms. The van der Waals surface area contributed by atoms with Crippen LogP contribution < -0.4 is 9.47 Å². The molecule has 0 aliphatic heterocycles. The van der Waals surface area contributed by atoms with Crippen LogP contribution in [0.1, 0.15) is 22.8 Å². The van der Waals surface area contributed by atoms with Gasteiger partial charge in [-0.25, -0.2) is 0 Å². The number of benzene rings is 3. The van der Waals surface area contributed by atoms with Crippen LogP contribution in [0.25, 0.3) is 16.8 Å². The largest absolute Gasteiger partial charge is 0.504 e. The van der Waals surface area contributed by atoms with E-state index in [9.17, 15) is 9.90 Å². The van der Waals surface area contributed by atoms with E-state index in [0.717, 1.165) is 22.1 Å². The number of aromatic hydroxyl groups is 1. The number of rotatable bonds is 6. The molecule has 3 aromatic carbocycles. The maximum Gasteiger partial charge on any atom is 0.186 e. The molecule has 4 heteroatoms. The molecule has 0 unspecified atom stereocenters. The third-order valence-corrected chi connectivity index (χ3v) is 4.08. The van der Waals surface area contributed by atoms with Crippen LogP contribution in [0.3, 0.4) is 0 Å². The number of carbonyl (C=O) groups is 1. The highest BCUT2D eigenvalue weighted by molar-refractivity contribution is 6.15. The van der Waals surface area contributed by atoms with Gasteiger partial charge < -0.3 is 14.6 Å². The Morgan fingerprint density at radius 2 is 1.81 bits per heavy atom. The number of hydrogen-bond donors (Lipinski definition) is 1. The number of phenols is 1. The molecule has 0 saturated heterocycles. The first-order valence-corrected chi connectivity index (χ1v) is 8.38. The van der Waals surface area contributed by atoms with Gasteiger partial charge in [0.15, 0.2) is 17.3 Å². The van der Waals surface area contributed by atoms with Gasteiger partial charge in [-0.3, -0.25) is 4.79 Å². The van der Waals surface area contributed by atoms with Gasteiger partial charge in [-0.05, 0) is 48.2 Å². The summed E-state index contributed by atoms with van der Waals surface area (Å²) in [6.45, 7) is 2.30. The van der Waals surface area contributed by atoms with Crippen molar-refractivity contribution in [2.24, 2.45) is 0 Å². The van der Waals surface area contributed by atoms with Crippen molar-refractivity contribution in [2.45, 2.75) is 6.92 Å². The number of hydrogen-bond acceptors (Lipinski definition) is 4. The van der Waals surface area contributed by atoms with Crippen molar-refractivity contribution in [3.63, 3.8) is 0 Å². The predicted octanol–water partition coefficient (Wildman–Crippen LogP) is 4.85. The van der Waals surface area contributed by atoms with Crippen molar-refractivity contribution in [2.75, 3.05) is 13.7 Å². The standard InChI is InChI=1S/C22H20O4/c1-3-26-22-14-15(9-12-20(22)24)8-11-19(23)17-10-13-21(25-2)18-7-5-4-6-16(17)18/h4-14,24H,3H2,1-2H3/b11-8+. The van der Waals surface area contributed by atoms with E-state index in [1.807, 2.05) is 31.2 Å². The van der Waals surface area contributed by atoms with Crippen LogP contribution in [0.4, 0.5) is 0 Å². The van der Waals surface area contributed by atoms with Crippen molar-refractivity contribution in [1.82, 2.24) is 0 Å². The van der Waals surface area contributed by atoms with E-state index in [0.29, 0.717) is 17.9 Å². The van der Waals surface area contributed by atoms with Crippen molar-refractivity contribution in [1.29, 1.82) is 0 Å². The lowest BCUT2D eigenvalue weighted by molar-refractivity contribution is 0.104. The maximum atomic E-state index is 12.7. The third kappa shape index (κ3) is 3.54. The van der Waals surface area contributed by atoms with E-state index in [4.69, 9.17) is 9.47 Å². The number of phenolic OH excluding ortho intramolecular Hbond substituents is 1. The topological polar surface area (TPSA) is 55.8 Å². The highest BCUT2D eigenvalue weighted by atomic mass is 16.5. The lowest BCUT2D eigenvalue weighted by atomic mass is 10.00. The Morgan fingerprint density at radius 1 is 1.04 bits per heavy atom. The number of carbonyl (C=O) groups excluding carboxylic acids is 1. The minimum atomic E-state index is -0.102. The zero-order valence-corrected chi connectivity index (χ0v) is 14.7. The van der Waals surface area contributed by atoms with Crippen LogP contribution in [0.2, 0.25) is 0 Å². The third-order valence-electron chi connectivity index (χ3n) is 4.08. The van der Waals surface area contributed by atoms with Crippen LogP contribution in [0.15, 0.2) is 60.7 Å². The Morgan fingerprint density at radius 3 is 2.54 bits per heavy atom. The SMILES string of the molecule is CCOc1cc(/C=C/C(=O)c2ccc(OC)c3ccccc23)ccc1O. The molecule has 0 amide bonds. The average Bonchev–Trinajstić information content (AvgIpc) is 2.67. The number of allylic oxidation sites excluding steroid dienone is 1. The number of fused-ring (bicyclic) bond motifs is 1. The summed E-state index contributed by atoms with van der Waals surface area (Å²) in [7, 11) is 1.62. The molecule has 0 aliphatic carbocycles. The predicted molar refractivity (Wildman–Crippen MR) is 103 cm³/mol. The summed E-state index contributed by atoms with van der Waals surface area (Å²) in [6, 6.07) is 16.2. The van der Waals surface area contributed by atoms with Crippen molar-refractivity contribution in [3.05, 3.63) is 71.8 Å². The molecule has 3 aromatic rings. The Hall–Kier alpha value is -3.27. The van der Waals surface area contributed by atoms with E-state index in [1.165, 1.54) is 6.08 Å². The van der Waals surface area contributed by atoms with Gasteiger partial charge in [0.2, 0.25) is 0 Å². The summed E-state index contributed by atoms with van der Waals surface area (Å²) in [5.41, 5.74) is 1.39. The Labute approximate surface area is 152 Å². The van der Waals surface area contributed by atoms with Gasteiger partial charge in [0, 0.05) is 10.9 Å².